The van der Waals surface area contributed by atoms with Crippen LogP contribution in [0.5, 0.6) is 0 Å². The molecule has 2 aromatic heterocycles. The van der Waals surface area contributed by atoms with Gasteiger partial charge in [-0.2, -0.15) is 0 Å². The van der Waals surface area contributed by atoms with Gasteiger partial charge in [-0.05, 0) is 39.5 Å². The highest BCUT2D eigenvalue weighted by molar-refractivity contribution is 9.11. The summed E-state index contributed by atoms with van der Waals surface area (Å²) in [4.78, 5) is 16.7. The van der Waals surface area contributed by atoms with Gasteiger partial charge in [0.05, 0.1) is 27.9 Å². The van der Waals surface area contributed by atoms with Gasteiger partial charge in [0.25, 0.3) is 5.91 Å². The second-order valence-electron chi connectivity index (χ2n) is 4.99. The molecule has 0 radical (unpaired) electrons. The lowest BCUT2D eigenvalue weighted by Crippen LogP contribution is -2.43. The van der Waals surface area contributed by atoms with Crippen LogP contribution in [-0.2, 0) is 4.74 Å². The lowest BCUT2D eigenvalue weighted by molar-refractivity contribution is 0.0169. The summed E-state index contributed by atoms with van der Waals surface area (Å²) in [6, 6.07) is 8.16. The summed E-state index contributed by atoms with van der Waals surface area (Å²) in [5.41, 5.74) is 0. The molecule has 22 heavy (non-hydrogen) atoms. The topological polar surface area (TPSA) is 41.6 Å². The van der Waals surface area contributed by atoms with Crippen molar-refractivity contribution in [2.75, 3.05) is 32.8 Å². The molecule has 1 atom stereocenters. The molecule has 7 heteroatoms. The Balaban J connectivity index is 1.66. The number of ether oxygens (including phenoxy) is 1. The highest BCUT2D eigenvalue weighted by Crippen LogP contribution is 2.26. The number of nitrogens with zero attached hydrogens (tertiary/aromatic N) is 1. The molecular weight excluding hydrogens is 384 g/mol. The average molecular weight is 401 g/mol. The number of thiophene rings is 2. The summed E-state index contributed by atoms with van der Waals surface area (Å²) < 4.78 is 6.41. The maximum absolute atomic E-state index is 12.3. The van der Waals surface area contributed by atoms with E-state index in [2.05, 4.69) is 43.7 Å². The molecule has 0 aromatic carbocycles. The van der Waals surface area contributed by atoms with Gasteiger partial charge in [-0.25, -0.2) is 0 Å². The third-order valence-electron chi connectivity index (χ3n) is 3.61. The van der Waals surface area contributed by atoms with E-state index < -0.39 is 0 Å². The number of carbonyl (C=O) groups is 1. The van der Waals surface area contributed by atoms with E-state index in [1.54, 1.807) is 11.3 Å². The number of amides is 1. The van der Waals surface area contributed by atoms with Crippen molar-refractivity contribution in [3.05, 3.63) is 43.2 Å². The Morgan fingerprint density at radius 2 is 2.18 bits per heavy atom. The fraction of sp³-hybridized carbons (Fsp3) is 0.400. The smallest absolute Gasteiger partial charge is 0.261 e. The first kappa shape index (κ1) is 16.1. The van der Waals surface area contributed by atoms with Crippen LogP contribution in [0.15, 0.2) is 33.4 Å². The highest BCUT2D eigenvalue weighted by Gasteiger charge is 2.24. The van der Waals surface area contributed by atoms with Crippen molar-refractivity contribution in [3.63, 3.8) is 0 Å². The van der Waals surface area contributed by atoms with Crippen molar-refractivity contribution >= 4 is 44.5 Å². The van der Waals surface area contributed by atoms with Gasteiger partial charge in [0.1, 0.15) is 0 Å². The Kier molecular flexibility index (Phi) is 5.65. The Labute approximate surface area is 146 Å². The minimum Gasteiger partial charge on any atom is -0.379 e. The molecule has 118 valence electrons. The standard InChI is InChI=1S/C15H17BrN2O2S2/c16-14-4-3-13(22-14)15(19)17-10-11(12-2-1-9-21-12)18-5-7-20-8-6-18/h1-4,9,11H,5-8,10H2,(H,17,19). The molecular formula is C15H17BrN2O2S2. The third kappa shape index (κ3) is 3.97. The molecule has 1 saturated heterocycles. The zero-order valence-electron chi connectivity index (χ0n) is 12.0. The molecule has 0 aliphatic carbocycles. The van der Waals surface area contributed by atoms with Crippen LogP contribution in [0.4, 0.5) is 0 Å². The maximum Gasteiger partial charge on any atom is 0.261 e. The van der Waals surface area contributed by atoms with E-state index >= 15 is 0 Å². The van der Waals surface area contributed by atoms with Crippen LogP contribution >= 0.6 is 38.6 Å². The third-order valence-corrected chi connectivity index (χ3v) is 6.21. The van der Waals surface area contributed by atoms with Gasteiger partial charge < -0.3 is 10.1 Å². The molecule has 1 aliphatic rings. The van der Waals surface area contributed by atoms with E-state index in [0.717, 1.165) is 35.0 Å². The summed E-state index contributed by atoms with van der Waals surface area (Å²) in [6.45, 7) is 3.95. The molecule has 4 nitrogen and oxygen atoms in total. The van der Waals surface area contributed by atoms with Crippen molar-refractivity contribution in [1.29, 1.82) is 0 Å². The van der Waals surface area contributed by atoms with Gasteiger partial charge >= 0.3 is 0 Å². The SMILES string of the molecule is O=C(NCC(c1cccs1)N1CCOCC1)c1ccc(Br)s1. The first-order chi connectivity index (χ1) is 10.7. The number of morpholine rings is 1. The lowest BCUT2D eigenvalue weighted by atomic mass is 10.2. The molecule has 0 spiro atoms. The average Bonchev–Trinajstić information content (AvgIpc) is 3.20. The highest BCUT2D eigenvalue weighted by atomic mass is 79.9. The predicted molar refractivity (Wildman–Crippen MR) is 93.8 cm³/mol. The van der Waals surface area contributed by atoms with Crippen LogP contribution < -0.4 is 5.32 Å². The van der Waals surface area contributed by atoms with Crippen LogP contribution in [0.2, 0.25) is 0 Å². The minimum absolute atomic E-state index is 0.00878. The quantitative estimate of drug-likeness (QED) is 0.836. The molecule has 1 amide bonds. The number of carbonyl (C=O) groups excluding carboxylic acids is 1. The van der Waals surface area contributed by atoms with Crippen molar-refractivity contribution in [1.82, 2.24) is 10.2 Å². The Morgan fingerprint density at radius 1 is 1.36 bits per heavy atom. The second kappa shape index (κ2) is 7.70. The van der Waals surface area contributed by atoms with E-state index in [4.69, 9.17) is 4.74 Å². The Morgan fingerprint density at radius 3 is 2.82 bits per heavy atom. The molecule has 1 fully saturated rings. The van der Waals surface area contributed by atoms with Gasteiger partial charge in [0.15, 0.2) is 0 Å². The number of nitrogens with one attached hydrogen (secondary N) is 1. The van der Waals surface area contributed by atoms with Crippen molar-refractivity contribution in [3.8, 4) is 0 Å². The molecule has 2 aromatic rings. The van der Waals surface area contributed by atoms with Crippen molar-refractivity contribution < 1.29 is 9.53 Å². The summed E-state index contributed by atoms with van der Waals surface area (Å²) in [6.07, 6.45) is 0. The van der Waals surface area contributed by atoms with Gasteiger partial charge in [-0.1, -0.05) is 6.07 Å². The normalized spacial score (nSPS) is 17.3. The van der Waals surface area contributed by atoms with Gasteiger partial charge in [0.2, 0.25) is 0 Å². The van der Waals surface area contributed by atoms with Gasteiger partial charge in [-0.15, -0.1) is 22.7 Å². The molecule has 1 aliphatic heterocycles. The summed E-state index contributed by atoms with van der Waals surface area (Å²) in [5.74, 6) is -0.00878. The maximum atomic E-state index is 12.3. The van der Waals surface area contributed by atoms with Crippen molar-refractivity contribution in [2.45, 2.75) is 6.04 Å². The summed E-state index contributed by atoms with van der Waals surface area (Å²) >= 11 is 6.58. The first-order valence-electron chi connectivity index (χ1n) is 7.13. The minimum atomic E-state index is -0.00878. The number of rotatable bonds is 5. The van der Waals surface area contributed by atoms with Crippen LogP contribution in [0, 0.1) is 0 Å². The first-order valence-corrected chi connectivity index (χ1v) is 9.61. The van der Waals surface area contributed by atoms with Crippen LogP contribution in [0.25, 0.3) is 0 Å². The van der Waals surface area contributed by atoms with Crippen LogP contribution in [0.3, 0.4) is 0 Å². The van der Waals surface area contributed by atoms with E-state index in [1.807, 2.05) is 12.1 Å². The van der Waals surface area contributed by atoms with E-state index in [9.17, 15) is 4.79 Å². The zero-order valence-corrected chi connectivity index (χ0v) is 15.2. The van der Waals surface area contributed by atoms with Gasteiger partial charge in [-0.3, -0.25) is 9.69 Å². The fourth-order valence-electron chi connectivity index (χ4n) is 2.49. The monoisotopic (exact) mass is 400 g/mol. The number of halogens is 1. The fourth-order valence-corrected chi connectivity index (χ4v) is 4.66. The second-order valence-corrected chi connectivity index (χ2v) is 8.44. The van der Waals surface area contributed by atoms with Crippen LogP contribution in [-0.4, -0.2) is 43.7 Å². The largest absolute Gasteiger partial charge is 0.379 e. The van der Waals surface area contributed by atoms with Gasteiger partial charge in [0, 0.05) is 24.5 Å². The van der Waals surface area contributed by atoms with E-state index in [0.29, 0.717) is 6.54 Å². The Bertz CT molecular complexity index is 609. The van der Waals surface area contributed by atoms with Crippen LogP contribution in [0.1, 0.15) is 20.6 Å². The van der Waals surface area contributed by atoms with E-state index in [-0.39, 0.29) is 11.9 Å². The molecule has 0 bridgehead atoms. The zero-order chi connectivity index (χ0) is 15.4. The predicted octanol–water partition coefficient (Wildman–Crippen LogP) is 3.38. The molecule has 3 rings (SSSR count). The molecule has 1 N–H and O–H groups in total. The molecule has 0 saturated carbocycles. The number of hydrogen-bond acceptors (Lipinski definition) is 5. The summed E-state index contributed by atoms with van der Waals surface area (Å²) in [7, 11) is 0. The van der Waals surface area contributed by atoms with E-state index in [1.165, 1.54) is 16.2 Å². The number of hydrogen-bond donors (Lipinski definition) is 1. The molecule has 1 unspecified atom stereocenters. The van der Waals surface area contributed by atoms with Crippen molar-refractivity contribution in [2.24, 2.45) is 0 Å². The lowest BCUT2D eigenvalue weighted by Gasteiger charge is -2.34. The molecule has 3 heterocycles. The Hall–Kier alpha value is -0.730. The summed E-state index contributed by atoms with van der Waals surface area (Å²) in [5, 5.41) is 5.16.